The van der Waals surface area contributed by atoms with Crippen molar-refractivity contribution in [3.8, 4) is 5.69 Å². The Morgan fingerprint density at radius 2 is 1.52 bits per heavy atom. The van der Waals surface area contributed by atoms with Gasteiger partial charge in [-0.3, -0.25) is 4.79 Å². The van der Waals surface area contributed by atoms with Gasteiger partial charge < -0.3 is 14.8 Å². The molecular formula is C20H16FN3O5. The van der Waals surface area contributed by atoms with E-state index in [9.17, 15) is 18.8 Å². The number of rotatable bonds is 5. The molecular weight excluding hydrogens is 381 g/mol. The van der Waals surface area contributed by atoms with E-state index >= 15 is 0 Å². The molecule has 3 aromatic rings. The molecule has 8 nitrogen and oxygen atoms in total. The number of esters is 2. The standard InChI is InChI=1S/C20H16FN3O5/c1-28-19(26)12-9-13(20(27)29-2)11-15(10-12)22-18(25)17-7-8-24(23-17)16-5-3-14(21)4-6-16/h3-11H,1-2H3,(H,22,25). The van der Waals surface area contributed by atoms with Gasteiger partial charge in [0, 0.05) is 11.9 Å². The van der Waals surface area contributed by atoms with Crippen LogP contribution in [0.25, 0.3) is 5.69 Å². The second-order valence-corrected chi connectivity index (χ2v) is 5.86. The van der Waals surface area contributed by atoms with E-state index in [0.717, 1.165) is 0 Å². The number of hydrogen-bond acceptors (Lipinski definition) is 6. The minimum atomic E-state index is -0.674. The third-order valence-electron chi connectivity index (χ3n) is 3.95. The summed E-state index contributed by atoms with van der Waals surface area (Å²) in [5.41, 5.74) is 0.989. The molecule has 1 N–H and O–H groups in total. The van der Waals surface area contributed by atoms with Crippen LogP contribution in [0.2, 0.25) is 0 Å². The molecule has 0 aliphatic carbocycles. The van der Waals surface area contributed by atoms with Crippen LogP contribution in [0.4, 0.5) is 10.1 Å². The lowest BCUT2D eigenvalue weighted by atomic mass is 10.1. The van der Waals surface area contributed by atoms with Gasteiger partial charge in [-0.15, -0.1) is 0 Å². The molecule has 148 valence electrons. The van der Waals surface area contributed by atoms with Crippen molar-refractivity contribution in [1.29, 1.82) is 0 Å². The summed E-state index contributed by atoms with van der Waals surface area (Å²) in [7, 11) is 2.40. The Hall–Kier alpha value is -4.01. The Morgan fingerprint density at radius 3 is 2.07 bits per heavy atom. The zero-order valence-corrected chi connectivity index (χ0v) is 15.5. The summed E-state index contributed by atoms with van der Waals surface area (Å²) in [6.45, 7) is 0. The molecule has 1 aromatic heterocycles. The molecule has 9 heteroatoms. The Balaban J connectivity index is 1.85. The van der Waals surface area contributed by atoms with Crippen molar-refractivity contribution >= 4 is 23.5 Å². The van der Waals surface area contributed by atoms with Crippen molar-refractivity contribution in [1.82, 2.24) is 9.78 Å². The smallest absolute Gasteiger partial charge is 0.337 e. The molecule has 0 aliphatic rings. The van der Waals surface area contributed by atoms with E-state index in [-0.39, 0.29) is 28.3 Å². The summed E-state index contributed by atoms with van der Waals surface area (Å²) >= 11 is 0. The highest BCUT2D eigenvalue weighted by Crippen LogP contribution is 2.18. The lowest BCUT2D eigenvalue weighted by molar-refractivity contribution is 0.0599. The van der Waals surface area contributed by atoms with Gasteiger partial charge in [-0.25, -0.2) is 18.7 Å². The molecule has 2 aromatic carbocycles. The molecule has 0 bridgehead atoms. The number of methoxy groups -OCH3 is 2. The number of anilines is 1. The Bertz CT molecular complexity index is 1040. The van der Waals surface area contributed by atoms with Crippen LogP contribution < -0.4 is 5.32 Å². The maximum atomic E-state index is 13.0. The first-order valence-electron chi connectivity index (χ1n) is 8.36. The molecule has 0 unspecified atom stereocenters. The highest BCUT2D eigenvalue weighted by Gasteiger charge is 2.16. The molecule has 0 fully saturated rings. The van der Waals surface area contributed by atoms with E-state index in [4.69, 9.17) is 0 Å². The summed E-state index contributed by atoms with van der Waals surface area (Å²) in [6, 6.07) is 11.1. The van der Waals surface area contributed by atoms with Crippen LogP contribution in [0, 0.1) is 5.82 Å². The average molecular weight is 397 g/mol. The molecule has 1 amide bonds. The predicted molar refractivity (Wildman–Crippen MR) is 101 cm³/mol. The Kier molecular flexibility index (Phi) is 5.68. The van der Waals surface area contributed by atoms with Crippen LogP contribution in [-0.4, -0.2) is 41.8 Å². The van der Waals surface area contributed by atoms with E-state index in [2.05, 4.69) is 19.9 Å². The largest absolute Gasteiger partial charge is 0.465 e. The molecule has 3 rings (SSSR count). The molecule has 1 heterocycles. The first-order valence-corrected chi connectivity index (χ1v) is 8.36. The van der Waals surface area contributed by atoms with E-state index in [0.29, 0.717) is 5.69 Å². The fourth-order valence-electron chi connectivity index (χ4n) is 2.55. The molecule has 0 saturated heterocycles. The summed E-state index contributed by atoms with van der Waals surface area (Å²) in [4.78, 5) is 36.2. The lowest BCUT2D eigenvalue weighted by Gasteiger charge is -2.09. The quantitative estimate of drug-likeness (QED) is 0.665. The highest BCUT2D eigenvalue weighted by molar-refractivity contribution is 6.05. The average Bonchev–Trinajstić information content (AvgIpc) is 3.23. The molecule has 0 atom stereocenters. The third-order valence-corrected chi connectivity index (χ3v) is 3.95. The molecule has 0 aliphatic heterocycles. The zero-order valence-electron chi connectivity index (χ0n) is 15.5. The number of halogens is 1. The minimum Gasteiger partial charge on any atom is -0.465 e. The van der Waals surface area contributed by atoms with Gasteiger partial charge in [0.25, 0.3) is 5.91 Å². The van der Waals surface area contributed by atoms with E-state index in [1.807, 2.05) is 0 Å². The normalized spacial score (nSPS) is 10.3. The number of nitrogens with one attached hydrogen (secondary N) is 1. The number of ether oxygens (including phenoxy) is 2. The number of carbonyl (C=O) groups excluding carboxylic acids is 3. The van der Waals surface area contributed by atoms with Crippen molar-refractivity contribution in [2.75, 3.05) is 19.5 Å². The van der Waals surface area contributed by atoms with E-state index < -0.39 is 17.8 Å². The summed E-state index contributed by atoms with van der Waals surface area (Å²) < 4.78 is 23.8. The highest BCUT2D eigenvalue weighted by atomic mass is 19.1. The van der Waals surface area contributed by atoms with Gasteiger partial charge in [-0.1, -0.05) is 0 Å². The summed E-state index contributed by atoms with van der Waals surface area (Å²) in [5, 5.41) is 6.73. The van der Waals surface area contributed by atoms with Gasteiger partial charge in [0.2, 0.25) is 0 Å². The second-order valence-electron chi connectivity index (χ2n) is 5.86. The third kappa shape index (κ3) is 4.46. The Morgan fingerprint density at radius 1 is 0.931 bits per heavy atom. The fourth-order valence-corrected chi connectivity index (χ4v) is 2.55. The van der Waals surface area contributed by atoms with Gasteiger partial charge in [0.1, 0.15) is 5.82 Å². The van der Waals surface area contributed by atoms with Crippen LogP contribution in [-0.2, 0) is 9.47 Å². The second kappa shape index (κ2) is 8.34. The van der Waals surface area contributed by atoms with Crippen molar-refractivity contribution in [2.24, 2.45) is 0 Å². The van der Waals surface area contributed by atoms with Crippen LogP contribution in [0.5, 0.6) is 0 Å². The van der Waals surface area contributed by atoms with Crippen molar-refractivity contribution in [3.63, 3.8) is 0 Å². The van der Waals surface area contributed by atoms with Crippen LogP contribution in [0.1, 0.15) is 31.2 Å². The van der Waals surface area contributed by atoms with Gasteiger partial charge >= 0.3 is 11.9 Å². The maximum Gasteiger partial charge on any atom is 0.337 e. The van der Waals surface area contributed by atoms with Crippen LogP contribution >= 0.6 is 0 Å². The topological polar surface area (TPSA) is 99.5 Å². The SMILES string of the molecule is COC(=O)c1cc(NC(=O)c2ccn(-c3ccc(F)cc3)n2)cc(C(=O)OC)c1. The van der Waals surface area contributed by atoms with Gasteiger partial charge in [0.05, 0.1) is 31.0 Å². The summed E-state index contributed by atoms with van der Waals surface area (Å²) in [6.07, 6.45) is 1.55. The number of nitrogens with zero attached hydrogens (tertiary/aromatic N) is 2. The maximum absolute atomic E-state index is 13.0. The molecule has 29 heavy (non-hydrogen) atoms. The number of benzene rings is 2. The molecule has 0 spiro atoms. The van der Waals surface area contributed by atoms with Gasteiger partial charge in [-0.05, 0) is 48.5 Å². The minimum absolute atomic E-state index is 0.0718. The summed E-state index contributed by atoms with van der Waals surface area (Å²) in [5.74, 6) is -2.30. The molecule has 0 saturated carbocycles. The van der Waals surface area contributed by atoms with Gasteiger partial charge in [0.15, 0.2) is 5.69 Å². The first-order chi connectivity index (χ1) is 13.9. The predicted octanol–water partition coefficient (Wildman–Crippen LogP) is 2.84. The van der Waals surface area contributed by atoms with Gasteiger partial charge in [-0.2, -0.15) is 5.10 Å². The number of aromatic nitrogens is 2. The zero-order chi connectivity index (χ0) is 21.0. The van der Waals surface area contributed by atoms with Crippen molar-refractivity contribution < 1.29 is 28.2 Å². The Labute approximate surface area is 164 Å². The lowest BCUT2D eigenvalue weighted by Crippen LogP contribution is -2.15. The molecule has 0 radical (unpaired) electrons. The fraction of sp³-hybridized carbons (Fsp3) is 0.100. The first kappa shape index (κ1) is 19.7. The number of carbonyl (C=O) groups is 3. The number of hydrogen-bond donors (Lipinski definition) is 1. The van der Waals surface area contributed by atoms with E-state index in [1.54, 1.807) is 6.20 Å². The van der Waals surface area contributed by atoms with Crippen LogP contribution in [0.3, 0.4) is 0 Å². The monoisotopic (exact) mass is 397 g/mol. The van der Waals surface area contributed by atoms with Crippen molar-refractivity contribution in [2.45, 2.75) is 0 Å². The van der Waals surface area contributed by atoms with E-state index in [1.165, 1.54) is 67.4 Å². The number of amides is 1. The van der Waals surface area contributed by atoms with Crippen LogP contribution in [0.15, 0.2) is 54.7 Å². The van der Waals surface area contributed by atoms with Crippen molar-refractivity contribution in [3.05, 3.63) is 77.4 Å².